The molecule has 2 fully saturated rings. The van der Waals surface area contributed by atoms with E-state index in [2.05, 4.69) is 96.6 Å². The zero-order chi connectivity index (χ0) is 25.2. The molecule has 4 aromatic carbocycles. The topological polar surface area (TPSA) is 21.1 Å². The maximum absolute atomic E-state index is 13.5. The molecule has 2 aliphatic rings. The van der Waals surface area contributed by atoms with Crippen LogP contribution in [-0.2, 0) is 17.4 Å². The van der Waals surface area contributed by atoms with Gasteiger partial charge in [0, 0.05) is 35.9 Å². The van der Waals surface area contributed by atoms with Gasteiger partial charge in [-0.1, -0.05) is 67.6 Å². The molecule has 184 valence electrons. The Morgan fingerprint density at radius 2 is 1.62 bits per heavy atom. The lowest BCUT2D eigenvalue weighted by atomic mass is 9.80. The number of rotatable bonds is 5. The van der Waals surface area contributed by atoms with Crippen molar-refractivity contribution in [1.82, 2.24) is 14.7 Å². The van der Waals surface area contributed by atoms with E-state index in [4.69, 9.17) is 0 Å². The summed E-state index contributed by atoms with van der Waals surface area (Å²) < 4.78 is 15.4. The number of likely N-dealkylation sites (tertiary alicyclic amines) is 1. The minimum Gasteiger partial charge on any atom is -0.298 e. The van der Waals surface area contributed by atoms with Crippen molar-refractivity contribution in [2.45, 2.75) is 31.2 Å². The Hall–Kier alpha value is -3.76. The maximum Gasteiger partial charge on any atom is 0.123 e. The molecule has 3 nitrogen and oxygen atoms in total. The van der Waals surface area contributed by atoms with Crippen LogP contribution in [0.15, 0.2) is 103 Å². The van der Waals surface area contributed by atoms with Gasteiger partial charge in [0.2, 0.25) is 0 Å². The highest BCUT2D eigenvalue weighted by atomic mass is 19.1. The van der Waals surface area contributed by atoms with Crippen LogP contribution in [0.1, 0.15) is 29.2 Å². The molecule has 7 rings (SSSR count). The van der Waals surface area contributed by atoms with Gasteiger partial charge in [0.1, 0.15) is 5.82 Å². The summed E-state index contributed by atoms with van der Waals surface area (Å²) in [4.78, 5) is 2.64. The van der Waals surface area contributed by atoms with E-state index in [0.717, 1.165) is 36.2 Å². The summed E-state index contributed by atoms with van der Waals surface area (Å²) >= 11 is 0. The van der Waals surface area contributed by atoms with E-state index in [1.54, 1.807) is 12.1 Å². The lowest BCUT2D eigenvalue weighted by Crippen LogP contribution is -2.34. The highest BCUT2D eigenvalue weighted by Crippen LogP contribution is 2.73. The standard InChI is InChI=1S/C33H30FN3/c1-23-17-30-25(19-35-37(30)28-15-13-27(34)14-16-28)18-29(23)33-22-36(20-24-9-5-3-6-10-24)21-31(33)32(33,2)26-11-7-4-8-12-26/h3-19,31H,20-22H2,1-2H3/t31-,32-,33+/m0/s1. The average Bonchev–Trinajstić information content (AvgIpc) is 3.25. The quantitative estimate of drug-likeness (QED) is 0.271. The summed E-state index contributed by atoms with van der Waals surface area (Å²) in [7, 11) is 0. The van der Waals surface area contributed by atoms with Crippen molar-refractivity contribution in [3.8, 4) is 5.69 Å². The fourth-order valence-corrected chi connectivity index (χ4v) is 7.29. The molecule has 1 saturated heterocycles. The molecule has 1 saturated carbocycles. The number of hydrogen-bond donors (Lipinski definition) is 0. The first-order chi connectivity index (χ1) is 18.0. The molecule has 3 atom stereocenters. The first-order valence-corrected chi connectivity index (χ1v) is 13.1. The number of piperidine rings is 1. The van der Waals surface area contributed by atoms with E-state index in [1.807, 2.05) is 10.9 Å². The Bertz CT molecular complexity index is 1590. The lowest BCUT2D eigenvalue weighted by molar-refractivity contribution is 0.260. The second-order valence-electron chi connectivity index (χ2n) is 11.0. The molecule has 5 aromatic rings. The van der Waals surface area contributed by atoms with Crippen LogP contribution >= 0.6 is 0 Å². The van der Waals surface area contributed by atoms with Crippen LogP contribution in [0.4, 0.5) is 4.39 Å². The summed E-state index contributed by atoms with van der Waals surface area (Å²) in [6.45, 7) is 7.82. The minimum atomic E-state index is -0.237. The normalized spacial score (nSPS) is 24.9. The first-order valence-electron chi connectivity index (χ1n) is 13.1. The molecular weight excluding hydrogens is 457 g/mol. The van der Waals surface area contributed by atoms with Crippen molar-refractivity contribution in [3.05, 3.63) is 131 Å². The molecule has 0 unspecified atom stereocenters. The van der Waals surface area contributed by atoms with Crippen molar-refractivity contribution in [2.75, 3.05) is 13.1 Å². The van der Waals surface area contributed by atoms with Crippen LogP contribution in [0, 0.1) is 18.7 Å². The summed E-state index contributed by atoms with van der Waals surface area (Å²) in [5.41, 5.74) is 7.60. The van der Waals surface area contributed by atoms with E-state index in [9.17, 15) is 4.39 Å². The monoisotopic (exact) mass is 487 g/mol. The number of hydrogen-bond acceptors (Lipinski definition) is 2. The molecule has 0 spiro atoms. The fourth-order valence-electron chi connectivity index (χ4n) is 7.29. The number of nitrogens with zero attached hydrogens (tertiary/aromatic N) is 3. The van der Waals surface area contributed by atoms with Crippen LogP contribution in [0.25, 0.3) is 16.6 Å². The van der Waals surface area contributed by atoms with Crippen LogP contribution in [0.5, 0.6) is 0 Å². The predicted octanol–water partition coefficient (Wildman–Crippen LogP) is 6.81. The summed E-state index contributed by atoms with van der Waals surface area (Å²) in [5.74, 6) is 0.313. The largest absolute Gasteiger partial charge is 0.298 e. The molecule has 1 aliphatic carbocycles. The summed E-state index contributed by atoms with van der Waals surface area (Å²) in [6, 6.07) is 33.1. The van der Waals surface area contributed by atoms with E-state index in [0.29, 0.717) is 5.92 Å². The van der Waals surface area contributed by atoms with Crippen LogP contribution in [0.3, 0.4) is 0 Å². The SMILES string of the molecule is Cc1cc2c(cnn2-c2ccc(F)cc2)cc1[C@]12CN(Cc3ccccc3)C[C@H]1[C@]2(C)c1ccccc1. The second kappa shape index (κ2) is 8.12. The smallest absolute Gasteiger partial charge is 0.123 e. The van der Waals surface area contributed by atoms with Gasteiger partial charge < -0.3 is 0 Å². The van der Waals surface area contributed by atoms with E-state index >= 15 is 0 Å². The maximum atomic E-state index is 13.5. The minimum absolute atomic E-state index is 0.0549. The molecular formula is C33H30FN3. The summed E-state index contributed by atoms with van der Waals surface area (Å²) in [5, 5.41) is 5.82. The molecule has 0 bridgehead atoms. The Morgan fingerprint density at radius 1 is 0.919 bits per heavy atom. The van der Waals surface area contributed by atoms with Gasteiger partial charge >= 0.3 is 0 Å². The Kier molecular flexibility index (Phi) is 4.93. The van der Waals surface area contributed by atoms with Crippen LogP contribution in [0.2, 0.25) is 0 Å². The Morgan fingerprint density at radius 3 is 2.35 bits per heavy atom. The van der Waals surface area contributed by atoms with Gasteiger partial charge in [-0.05, 0) is 71.5 Å². The van der Waals surface area contributed by atoms with Crippen LogP contribution in [-0.4, -0.2) is 27.8 Å². The lowest BCUT2D eigenvalue weighted by Gasteiger charge is -2.31. The Labute approximate surface area is 217 Å². The van der Waals surface area contributed by atoms with Crippen molar-refractivity contribution in [2.24, 2.45) is 5.92 Å². The Balaban J connectivity index is 1.32. The predicted molar refractivity (Wildman–Crippen MR) is 146 cm³/mol. The van der Waals surface area contributed by atoms with E-state index in [1.165, 1.54) is 34.4 Å². The van der Waals surface area contributed by atoms with Gasteiger partial charge in [-0.3, -0.25) is 4.90 Å². The number of fused-ring (bicyclic) bond motifs is 2. The molecule has 0 radical (unpaired) electrons. The third kappa shape index (κ3) is 3.25. The van der Waals surface area contributed by atoms with Gasteiger partial charge in [0.05, 0.1) is 17.4 Å². The third-order valence-corrected chi connectivity index (χ3v) is 9.14. The van der Waals surface area contributed by atoms with E-state index < -0.39 is 0 Å². The number of aryl methyl sites for hydroxylation is 1. The number of halogens is 1. The number of aromatic nitrogens is 2. The van der Waals surface area contributed by atoms with Crippen molar-refractivity contribution in [3.63, 3.8) is 0 Å². The highest BCUT2D eigenvalue weighted by molar-refractivity contribution is 5.83. The highest BCUT2D eigenvalue weighted by Gasteiger charge is 2.78. The van der Waals surface area contributed by atoms with Crippen molar-refractivity contribution < 1.29 is 4.39 Å². The molecule has 1 aromatic heterocycles. The van der Waals surface area contributed by atoms with Crippen molar-refractivity contribution >= 4 is 10.9 Å². The first kappa shape index (κ1) is 22.4. The number of benzene rings is 4. The molecule has 2 heterocycles. The zero-order valence-corrected chi connectivity index (χ0v) is 21.2. The summed E-state index contributed by atoms with van der Waals surface area (Å²) in [6.07, 6.45) is 1.95. The van der Waals surface area contributed by atoms with Gasteiger partial charge in [0.15, 0.2) is 0 Å². The van der Waals surface area contributed by atoms with Gasteiger partial charge in [-0.25, -0.2) is 9.07 Å². The fraction of sp³-hybridized carbons (Fsp3) is 0.242. The third-order valence-electron chi connectivity index (χ3n) is 9.14. The van der Waals surface area contributed by atoms with Crippen molar-refractivity contribution in [1.29, 1.82) is 0 Å². The second-order valence-corrected chi connectivity index (χ2v) is 11.0. The van der Waals surface area contributed by atoms with Gasteiger partial charge in [-0.15, -0.1) is 0 Å². The zero-order valence-electron chi connectivity index (χ0n) is 21.2. The molecule has 1 aliphatic heterocycles. The molecule has 0 N–H and O–H groups in total. The molecule has 4 heteroatoms. The van der Waals surface area contributed by atoms with Crippen LogP contribution < -0.4 is 0 Å². The van der Waals surface area contributed by atoms with Gasteiger partial charge in [-0.2, -0.15) is 5.10 Å². The van der Waals surface area contributed by atoms with E-state index in [-0.39, 0.29) is 16.6 Å². The average molecular weight is 488 g/mol. The molecule has 37 heavy (non-hydrogen) atoms. The molecule has 0 amide bonds. The van der Waals surface area contributed by atoms with Gasteiger partial charge in [0.25, 0.3) is 0 Å².